The van der Waals surface area contributed by atoms with Gasteiger partial charge in [-0.05, 0) is 54.3 Å². The van der Waals surface area contributed by atoms with E-state index in [1.165, 1.54) is 5.56 Å². The van der Waals surface area contributed by atoms with Gasteiger partial charge in [0.1, 0.15) is 0 Å². The van der Waals surface area contributed by atoms with Crippen molar-refractivity contribution in [1.29, 1.82) is 0 Å². The summed E-state index contributed by atoms with van der Waals surface area (Å²) in [5, 5.41) is 4.52. The average molecular weight is 415 g/mol. The van der Waals surface area contributed by atoms with Crippen molar-refractivity contribution in [2.75, 3.05) is 5.32 Å². The molecule has 1 N–H and O–H groups in total. The van der Waals surface area contributed by atoms with Crippen molar-refractivity contribution in [3.63, 3.8) is 0 Å². The van der Waals surface area contributed by atoms with E-state index in [-0.39, 0.29) is 5.91 Å². The highest BCUT2D eigenvalue weighted by atomic mass is 35.5. The first-order valence-corrected chi connectivity index (χ1v) is 10.5. The molecule has 0 bridgehead atoms. The van der Waals surface area contributed by atoms with E-state index in [2.05, 4.69) is 31.3 Å². The lowest BCUT2D eigenvalue weighted by Crippen LogP contribution is -2.13. The van der Waals surface area contributed by atoms with Crippen LogP contribution >= 0.6 is 11.6 Å². The fourth-order valence-corrected chi connectivity index (χ4v) is 3.59. The molecule has 30 heavy (non-hydrogen) atoms. The van der Waals surface area contributed by atoms with Gasteiger partial charge in [0.05, 0.1) is 16.8 Å². The van der Waals surface area contributed by atoms with Crippen LogP contribution in [-0.4, -0.2) is 10.9 Å². The van der Waals surface area contributed by atoms with Crippen molar-refractivity contribution >= 4 is 34.1 Å². The van der Waals surface area contributed by atoms with Crippen molar-refractivity contribution < 1.29 is 4.79 Å². The number of amides is 1. The molecule has 0 aliphatic carbocycles. The van der Waals surface area contributed by atoms with Crippen molar-refractivity contribution in [1.82, 2.24) is 4.98 Å². The van der Waals surface area contributed by atoms with Gasteiger partial charge >= 0.3 is 0 Å². The number of para-hydroxylation sites is 1. The molecule has 4 heteroatoms. The van der Waals surface area contributed by atoms with Crippen molar-refractivity contribution in [2.45, 2.75) is 26.2 Å². The number of hydrogen-bond donors (Lipinski definition) is 1. The smallest absolute Gasteiger partial charge is 0.256 e. The van der Waals surface area contributed by atoms with Gasteiger partial charge in [-0.15, -0.1) is 0 Å². The van der Waals surface area contributed by atoms with Crippen molar-refractivity contribution in [2.24, 2.45) is 0 Å². The molecule has 1 amide bonds. The number of aromatic nitrogens is 1. The van der Waals surface area contributed by atoms with E-state index in [9.17, 15) is 4.79 Å². The highest BCUT2D eigenvalue weighted by molar-refractivity contribution is 6.30. The molecule has 3 nitrogen and oxygen atoms in total. The second kappa shape index (κ2) is 8.68. The Balaban J connectivity index is 1.70. The van der Waals surface area contributed by atoms with Crippen molar-refractivity contribution in [3.05, 3.63) is 95.0 Å². The van der Waals surface area contributed by atoms with Gasteiger partial charge in [-0.25, -0.2) is 4.98 Å². The molecule has 0 aliphatic rings. The number of nitrogens with zero attached hydrogens (tertiary/aromatic N) is 1. The van der Waals surface area contributed by atoms with E-state index in [4.69, 9.17) is 16.6 Å². The number of benzene rings is 3. The highest BCUT2D eigenvalue weighted by Crippen LogP contribution is 2.27. The Morgan fingerprint density at radius 2 is 1.70 bits per heavy atom. The molecule has 0 spiro atoms. The lowest BCUT2D eigenvalue weighted by atomic mass is 9.98. The summed E-state index contributed by atoms with van der Waals surface area (Å²) in [6.45, 7) is 4.38. The summed E-state index contributed by atoms with van der Waals surface area (Å²) in [5.41, 5.74) is 5.08. The summed E-state index contributed by atoms with van der Waals surface area (Å²) in [6, 6.07) is 25.1. The Hall–Kier alpha value is -3.17. The minimum Gasteiger partial charge on any atom is -0.322 e. The van der Waals surface area contributed by atoms with E-state index in [0.717, 1.165) is 34.3 Å². The van der Waals surface area contributed by atoms with Gasteiger partial charge < -0.3 is 5.32 Å². The lowest BCUT2D eigenvalue weighted by Gasteiger charge is -2.12. The van der Waals surface area contributed by atoms with E-state index < -0.39 is 0 Å². The molecule has 150 valence electrons. The number of carbonyl (C=O) groups excluding carboxylic acids is 1. The second-order valence-corrected chi connectivity index (χ2v) is 7.90. The number of pyridine rings is 1. The molecule has 4 aromatic rings. The third-order valence-electron chi connectivity index (χ3n) is 5.45. The molecule has 4 rings (SSSR count). The first kappa shape index (κ1) is 20.1. The minimum absolute atomic E-state index is 0.153. The SMILES string of the molecule is CCC(C)c1ccc(NC(=O)c2cc(-c3ccc(Cl)cc3)nc3ccccc23)cc1. The summed E-state index contributed by atoms with van der Waals surface area (Å²) >= 11 is 6.02. The molecule has 1 heterocycles. The van der Waals surface area contributed by atoms with Crippen LogP contribution < -0.4 is 5.32 Å². The molecule has 1 aromatic heterocycles. The molecule has 1 unspecified atom stereocenters. The molecule has 3 aromatic carbocycles. The van der Waals surface area contributed by atoms with E-state index in [1.807, 2.05) is 66.7 Å². The number of nitrogens with one attached hydrogen (secondary N) is 1. The summed E-state index contributed by atoms with van der Waals surface area (Å²) in [6.07, 6.45) is 1.09. The predicted molar refractivity (Wildman–Crippen MR) is 125 cm³/mol. The van der Waals surface area contributed by atoms with Crippen LogP contribution in [0.15, 0.2) is 78.9 Å². The average Bonchev–Trinajstić information content (AvgIpc) is 2.78. The fourth-order valence-electron chi connectivity index (χ4n) is 3.46. The van der Waals surface area contributed by atoms with Crippen LogP contribution in [-0.2, 0) is 0 Å². The minimum atomic E-state index is -0.153. The number of anilines is 1. The van der Waals surface area contributed by atoms with Crippen LogP contribution in [0.5, 0.6) is 0 Å². The molecule has 1 atom stereocenters. The van der Waals surface area contributed by atoms with Crippen molar-refractivity contribution in [3.8, 4) is 11.3 Å². The van der Waals surface area contributed by atoms with Gasteiger partial charge in [-0.3, -0.25) is 4.79 Å². The third kappa shape index (κ3) is 4.22. The Kier molecular flexibility index (Phi) is 5.82. The maximum atomic E-state index is 13.2. The maximum absolute atomic E-state index is 13.2. The zero-order valence-corrected chi connectivity index (χ0v) is 17.8. The van der Waals surface area contributed by atoms with Crippen LogP contribution in [0.2, 0.25) is 5.02 Å². The molecule has 0 fully saturated rings. The number of hydrogen-bond acceptors (Lipinski definition) is 2. The molecular weight excluding hydrogens is 392 g/mol. The van der Waals surface area contributed by atoms with E-state index >= 15 is 0 Å². The second-order valence-electron chi connectivity index (χ2n) is 7.46. The Labute approximate surface area is 181 Å². The highest BCUT2D eigenvalue weighted by Gasteiger charge is 2.14. The van der Waals surface area contributed by atoms with Crippen LogP contribution in [0.25, 0.3) is 22.2 Å². The van der Waals surface area contributed by atoms with Gasteiger partial charge in [0.2, 0.25) is 0 Å². The number of rotatable bonds is 5. The monoisotopic (exact) mass is 414 g/mol. The number of carbonyl (C=O) groups is 1. The van der Waals surface area contributed by atoms with Gasteiger partial charge in [0, 0.05) is 21.7 Å². The summed E-state index contributed by atoms with van der Waals surface area (Å²) < 4.78 is 0. The lowest BCUT2D eigenvalue weighted by molar-refractivity contribution is 0.102. The Bertz CT molecular complexity index is 1180. The topological polar surface area (TPSA) is 42.0 Å². The number of halogens is 1. The normalized spacial score (nSPS) is 12.0. The molecular formula is C26H23ClN2O. The third-order valence-corrected chi connectivity index (χ3v) is 5.70. The molecule has 0 radical (unpaired) electrons. The van der Waals surface area contributed by atoms with E-state index in [0.29, 0.717) is 16.5 Å². The largest absolute Gasteiger partial charge is 0.322 e. The Morgan fingerprint density at radius 1 is 1.00 bits per heavy atom. The quantitative estimate of drug-likeness (QED) is 0.371. The summed E-state index contributed by atoms with van der Waals surface area (Å²) in [5.74, 6) is 0.348. The zero-order valence-electron chi connectivity index (χ0n) is 17.0. The van der Waals surface area contributed by atoms with Crippen LogP contribution in [0.3, 0.4) is 0 Å². The van der Waals surface area contributed by atoms with Gasteiger partial charge in [-0.2, -0.15) is 0 Å². The summed E-state index contributed by atoms with van der Waals surface area (Å²) in [4.78, 5) is 17.9. The molecule has 0 saturated carbocycles. The number of fused-ring (bicyclic) bond motifs is 1. The van der Waals surface area contributed by atoms with Crippen LogP contribution in [0.4, 0.5) is 5.69 Å². The van der Waals surface area contributed by atoms with Gasteiger partial charge in [0.25, 0.3) is 5.91 Å². The Morgan fingerprint density at radius 3 is 2.40 bits per heavy atom. The summed E-state index contributed by atoms with van der Waals surface area (Å²) in [7, 11) is 0. The van der Waals surface area contributed by atoms with Gasteiger partial charge in [-0.1, -0.05) is 67.9 Å². The first-order chi connectivity index (χ1) is 14.5. The van der Waals surface area contributed by atoms with Gasteiger partial charge in [0.15, 0.2) is 0 Å². The first-order valence-electron chi connectivity index (χ1n) is 10.1. The van der Waals surface area contributed by atoms with Crippen LogP contribution in [0, 0.1) is 0 Å². The van der Waals surface area contributed by atoms with Crippen LogP contribution in [0.1, 0.15) is 42.1 Å². The molecule has 0 aliphatic heterocycles. The zero-order chi connectivity index (χ0) is 21.1. The van der Waals surface area contributed by atoms with E-state index in [1.54, 1.807) is 0 Å². The fraction of sp³-hybridized carbons (Fsp3) is 0.154. The standard InChI is InChI=1S/C26H23ClN2O/c1-3-17(2)18-10-14-21(15-11-18)28-26(30)23-16-25(19-8-12-20(27)13-9-19)29-24-7-5-4-6-22(23)24/h4-17H,3H2,1-2H3,(H,28,30). The molecule has 0 saturated heterocycles. The predicted octanol–water partition coefficient (Wildman–Crippen LogP) is 7.32. The maximum Gasteiger partial charge on any atom is 0.256 e.